The molecule has 1 aromatic carbocycles. The van der Waals surface area contributed by atoms with E-state index in [1.54, 1.807) is 11.0 Å². The van der Waals surface area contributed by atoms with Gasteiger partial charge in [-0.2, -0.15) is 0 Å². The molecule has 1 fully saturated rings. The fourth-order valence-electron chi connectivity index (χ4n) is 2.34. The number of piperidine rings is 1. The highest BCUT2D eigenvalue weighted by Crippen LogP contribution is 2.20. The second kappa shape index (κ2) is 6.88. The third-order valence-electron chi connectivity index (χ3n) is 3.64. The van der Waals surface area contributed by atoms with Crippen LogP contribution in [0.3, 0.4) is 0 Å². The van der Waals surface area contributed by atoms with Gasteiger partial charge in [0, 0.05) is 25.1 Å². The van der Waals surface area contributed by atoms with Crippen molar-refractivity contribution in [1.82, 2.24) is 4.90 Å². The maximum atomic E-state index is 12.0. The zero-order valence-corrected chi connectivity index (χ0v) is 11.9. The van der Waals surface area contributed by atoms with E-state index in [9.17, 15) is 19.7 Å². The summed E-state index contributed by atoms with van der Waals surface area (Å²) < 4.78 is 5.30. The topological polar surface area (TPSA) is 116 Å². The highest BCUT2D eigenvalue weighted by atomic mass is 16.6. The molecule has 0 aromatic heterocycles. The van der Waals surface area contributed by atoms with E-state index in [-0.39, 0.29) is 35.8 Å². The Morgan fingerprint density at radius 1 is 1.36 bits per heavy atom. The molecule has 1 saturated heterocycles. The fraction of sp³-hybridized carbons (Fsp3) is 0.429. The molecule has 0 radical (unpaired) electrons. The summed E-state index contributed by atoms with van der Waals surface area (Å²) in [6, 6.07) is 5.67. The number of hydrogen-bond acceptors (Lipinski definition) is 5. The number of carbonyl (C=O) groups excluding carboxylic acids is 2. The molecule has 1 aliphatic rings. The van der Waals surface area contributed by atoms with Crippen molar-refractivity contribution >= 4 is 17.5 Å². The molecule has 22 heavy (non-hydrogen) atoms. The summed E-state index contributed by atoms with van der Waals surface area (Å²) in [6.07, 6.45) is 1.11. The number of benzene rings is 1. The van der Waals surface area contributed by atoms with E-state index >= 15 is 0 Å². The number of likely N-dealkylation sites (tertiary alicyclic amines) is 1. The number of non-ortho nitro benzene ring substituents is 1. The molecule has 1 aromatic rings. The molecule has 2 rings (SSSR count). The molecule has 2 N–H and O–H groups in total. The Bertz CT molecular complexity index is 582. The van der Waals surface area contributed by atoms with Crippen LogP contribution in [0.2, 0.25) is 0 Å². The average molecular weight is 307 g/mol. The van der Waals surface area contributed by atoms with Crippen molar-refractivity contribution < 1.29 is 19.2 Å². The smallest absolute Gasteiger partial charge is 0.273 e. The van der Waals surface area contributed by atoms with Crippen LogP contribution in [0.15, 0.2) is 24.3 Å². The number of nitrogens with two attached hydrogens (primary N) is 1. The minimum absolute atomic E-state index is 0.0905. The third kappa shape index (κ3) is 3.94. The molecule has 0 bridgehead atoms. The number of nitro benzene ring substituents is 1. The lowest BCUT2D eigenvalue weighted by atomic mass is 9.96. The summed E-state index contributed by atoms with van der Waals surface area (Å²) in [4.78, 5) is 34.8. The van der Waals surface area contributed by atoms with Gasteiger partial charge in [-0.05, 0) is 18.9 Å². The number of amides is 2. The van der Waals surface area contributed by atoms with Crippen molar-refractivity contribution in [2.45, 2.75) is 12.8 Å². The first kappa shape index (κ1) is 15.7. The Kier molecular flexibility index (Phi) is 4.92. The number of nitro groups is 1. The summed E-state index contributed by atoms with van der Waals surface area (Å²) in [5, 5.41) is 10.7. The maximum absolute atomic E-state index is 12.0. The summed E-state index contributed by atoms with van der Waals surface area (Å²) in [6.45, 7) is 0.734. The van der Waals surface area contributed by atoms with Crippen molar-refractivity contribution in [3.8, 4) is 5.75 Å². The van der Waals surface area contributed by atoms with Gasteiger partial charge in [-0.3, -0.25) is 19.7 Å². The first-order valence-electron chi connectivity index (χ1n) is 6.91. The number of carbonyl (C=O) groups is 2. The van der Waals surface area contributed by atoms with Crippen LogP contribution in [0.4, 0.5) is 5.69 Å². The minimum atomic E-state index is -0.525. The lowest BCUT2D eigenvalue weighted by molar-refractivity contribution is -0.384. The van der Waals surface area contributed by atoms with E-state index in [2.05, 4.69) is 0 Å². The molecule has 8 heteroatoms. The monoisotopic (exact) mass is 307 g/mol. The first-order chi connectivity index (χ1) is 10.5. The molecule has 0 aliphatic carbocycles. The van der Waals surface area contributed by atoms with Crippen LogP contribution in [0, 0.1) is 16.0 Å². The molecule has 0 saturated carbocycles. The lowest BCUT2D eigenvalue weighted by Crippen LogP contribution is -2.43. The number of rotatable bonds is 5. The van der Waals surface area contributed by atoms with Crippen molar-refractivity contribution in [1.29, 1.82) is 0 Å². The third-order valence-corrected chi connectivity index (χ3v) is 3.64. The zero-order valence-electron chi connectivity index (χ0n) is 11.9. The van der Waals surface area contributed by atoms with Crippen LogP contribution < -0.4 is 10.5 Å². The van der Waals surface area contributed by atoms with Crippen LogP contribution in [0.25, 0.3) is 0 Å². The van der Waals surface area contributed by atoms with E-state index in [0.29, 0.717) is 25.9 Å². The highest BCUT2D eigenvalue weighted by Gasteiger charge is 2.26. The standard InChI is InChI=1S/C14H17N3O5/c15-14(19)10-4-6-16(7-5-10)13(18)9-22-12-3-1-2-11(8-12)17(20)21/h1-3,8,10H,4-7,9H2,(H2,15,19). The van der Waals surface area contributed by atoms with Crippen molar-refractivity contribution in [2.75, 3.05) is 19.7 Å². The Hall–Kier alpha value is -2.64. The van der Waals surface area contributed by atoms with E-state index < -0.39 is 4.92 Å². The Labute approximate surface area is 127 Å². The van der Waals surface area contributed by atoms with Crippen LogP contribution in [0.5, 0.6) is 5.75 Å². The van der Waals surface area contributed by atoms with Gasteiger partial charge in [-0.1, -0.05) is 6.07 Å². The quantitative estimate of drug-likeness (QED) is 0.635. The largest absolute Gasteiger partial charge is 0.484 e. The molecule has 0 spiro atoms. The van der Waals surface area contributed by atoms with Gasteiger partial charge in [0.15, 0.2) is 6.61 Å². The second-order valence-electron chi connectivity index (χ2n) is 5.10. The number of nitrogens with zero attached hydrogens (tertiary/aromatic N) is 2. The zero-order chi connectivity index (χ0) is 16.1. The maximum Gasteiger partial charge on any atom is 0.273 e. The molecule has 0 atom stereocenters. The van der Waals surface area contributed by atoms with Gasteiger partial charge < -0.3 is 15.4 Å². The first-order valence-corrected chi connectivity index (χ1v) is 6.91. The van der Waals surface area contributed by atoms with E-state index in [1.165, 1.54) is 18.2 Å². The van der Waals surface area contributed by atoms with Crippen LogP contribution in [-0.2, 0) is 9.59 Å². The van der Waals surface area contributed by atoms with Gasteiger partial charge >= 0.3 is 0 Å². The Morgan fingerprint density at radius 2 is 2.05 bits per heavy atom. The van der Waals surface area contributed by atoms with Gasteiger partial charge in [0.1, 0.15) is 5.75 Å². The van der Waals surface area contributed by atoms with E-state index in [4.69, 9.17) is 10.5 Å². The molecular weight excluding hydrogens is 290 g/mol. The number of ether oxygens (including phenoxy) is 1. The molecule has 1 aliphatic heterocycles. The summed E-state index contributed by atoms with van der Waals surface area (Å²) in [5.41, 5.74) is 5.15. The van der Waals surface area contributed by atoms with Crippen LogP contribution in [-0.4, -0.2) is 41.3 Å². The van der Waals surface area contributed by atoms with Crippen LogP contribution >= 0.6 is 0 Å². The Balaban J connectivity index is 1.84. The SMILES string of the molecule is NC(=O)C1CCN(C(=O)COc2cccc([N+](=O)[O-])c2)CC1. The summed E-state index contributed by atoms with van der Waals surface area (Å²) >= 11 is 0. The molecular formula is C14H17N3O5. The minimum Gasteiger partial charge on any atom is -0.484 e. The van der Waals surface area contributed by atoms with Crippen molar-refractivity contribution in [2.24, 2.45) is 11.7 Å². The molecule has 0 unspecified atom stereocenters. The van der Waals surface area contributed by atoms with Gasteiger partial charge in [0.2, 0.25) is 5.91 Å². The molecule has 118 valence electrons. The number of primary amides is 1. The molecule has 2 amide bonds. The van der Waals surface area contributed by atoms with E-state index in [1.807, 2.05) is 0 Å². The highest BCUT2D eigenvalue weighted by molar-refractivity contribution is 5.79. The van der Waals surface area contributed by atoms with Gasteiger partial charge in [-0.25, -0.2) is 0 Å². The van der Waals surface area contributed by atoms with Crippen LogP contribution in [0.1, 0.15) is 12.8 Å². The average Bonchev–Trinajstić information content (AvgIpc) is 2.53. The Morgan fingerprint density at radius 3 is 2.64 bits per heavy atom. The van der Waals surface area contributed by atoms with Gasteiger partial charge in [0.25, 0.3) is 11.6 Å². The fourth-order valence-corrected chi connectivity index (χ4v) is 2.34. The normalized spacial score (nSPS) is 15.4. The molecule has 8 nitrogen and oxygen atoms in total. The van der Waals surface area contributed by atoms with Crippen molar-refractivity contribution in [3.63, 3.8) is 0 Å². The summed E-state index contributed by atoms with van der Waals surface area (Å²) in [5.74, 6) is -0.453. The van der Waals surface area contributed by atoms with E-state index in [0.717, 1.165) is 0 Å². The van der Waals surface area contributed by atoms with Gasteiger partial charge in [-0.15, -0.1) is 0 Å². The second-order valence-corrected chi connectivity index (χ2v) is 5.10. The predicted molar refractivity (Wildman–Crippen MR) is 77.1 cm³/mol. The lowest BCUT2D eigenvalue weighted by Gasteiger charge is -2.30. The summed E-state index contributed by atoms with van der Waals surface area (Å²) in [7, 11) is 0. The number of hydrogen-bond donors (Lipinski definition) is 1. The van der Waals surface area contributed by atoms with Gasteiger partial charge in [0.05, 0.1) is 11.0 Å². The predicted octanol–water partition coefficient (Wildman–Crippen LogP) is 0.698. The molecule has 1 heterocycles. The van der Waals surface area contributed by atoms with Crippen molar-refractivity contribution in [3.05, 3.63) is 34.4 Å².